The number of aryl methyl sites for hydroxylation is 2. The number of benzene rings is 4. The molecule has 0 aliphatic carbocycles. The number of anilines is 3. The Morgan fingerprint density at radius 3 is 2.15 bits per heavy atom. The maximum atomic E-state index is 12.8. The highest BCUT2D eigenvalue weighted by Crippen LogP contribution is 2.25. The van der Waals surface area contributed by atoms with Crippen LogP contribution in [0.5, 0.6) is 0 Å². The Kier molecular flexibility index (Phi) is 8.53. The van der Waals surface area contributed by atoms with Crippen LogP contribution in [0.25, 0.3) is 0 Å². The van der Waals surface area contributed by atoms with Gasteiger partial charge in [-0.1, -0.05) is 41.9 Å². The van der Waals surface area contributed by atoms with Crippen LogP contribution in [0.3, 0.4) is 0 Å². The van der Waals surface area contributed by atoms with Crippen LogP contribution in [0, 0.1) is 13.8 Å². The van der Waals surface area contributed by atoms with Gasteiger partial charge in [-0.05, 0) is 91.2 Å². The maximum absolute atomic E-state index is 12.8. The van der Waals surface area contributed by atoms with Gasteiger partial charge in [-0.25, -0.2) is 16.8 Å². The van der Waals surface area contributed by atoms with Gasteiger partial charge in [-0.15, -0.1) is 0 Å². The average Bonchev–Trinajstić information content (AvgIpc) is 2.89. The predicted octanol–water partition coefficient (Wildman–Crippen LogP) is 5.98. The molecule has 0 fully saturated rings. The van der Waals surface area contributed by atoms with Gasteiger partial charge in [0, 0.05) is 16.3 Å². The summed E-state index contributed by atoms with van der Waals surface area (Å²) in [6.07, 6.45) is 1.15. The number of carbonyl (C=O) groups excluding carboxylic acids is 1. The third kappa shape index (κ3) is 7.20. The Labute approximate surface area is 239 Å². The number of halogens is 1. The molecule has 2 N–H and O–H groups in total. The first kappa shape index (κ1) is 29.1. The zero-order chi connectivity index (χ0) is 29.1. The fraction of sp³-hybridized carbons (Fsp3) is 0.138. The Bertz CT molecular complexity index is 1760. The van der Waals surface area contributed by atoms with E-state index in [1.165, 1.54) is 34.6 Å². The van der Waals surface area contributed by atoms with Crippen molar-refractivity contribution in [2.75, 3.05) is 20.6 Å². The third-order valence-corrected chi connectivity index (χ3v) is 8.86. The molecule has 0 aliphatic rings. The number of sulfonamides is 2. The molecule has 0 atom stereocenters. The molecule has 11 heteroatoms. The Morgan fingerprint density at radius 2 is 1.52 bits per heavy atom. The maximum Gasteiger partial charge on any atom is 0.261 e. The van der Waals surface area contributed by atoms with Crippen LogP contribution in [0.4, 0.5) is 17.1 Å². The number of nitrogens with zero attached hydrogens (tertiary/aromatic N) is 1. The second-order valence-corrected chi connectivity index (χ2v) is 13.4. The van der Waals surface area contributed by atoms with Crippen LogP contribution in [-0.4, -0.2) is 29.0 Å². The predicted molar refractivity (Wildman–Crippen MR) is 160 cm³/mol. The van der Waals surface area contributed by atoms with Crippen LogP contribution < -0.4 is 14.3 Å². The van der Waals surface area contributed by atoms with E-state index in [0.717, 1.165) is 17.4 Å². The van der Waals surface area contributed by atoms with Crippen molar-refractivity contribution < 1.29 is 21.6 Å². The SMILES string of the molecule is Cc1cccc(N(Cc2ccc(C(=O)Nc3ccc(S(=O)(=O)Nc4cc(Cl)ccc4C)cc3)cc2)S(C)(=O)=O)c1. The monoisotopic (exact) mass is 597 g/mol. The van der Waals surface area contributed by atoms with E-state index >= 15 is 0 Å². The van der Waals surface area contributed by atoms with E-state index in [1.807, 2.05) is 13.0 Å². The van der Waals surface area contributed by atoms with E-state index in [2.05, 4.69) is 10.0 Å². The zero-order valence-corrected chi connectivity index (χ0v) is 24.4. The normalized spacial score (nSPS) is 11.6. The first-order valence-electron chi connectivity index (χ1n) is 12.2. The van der Waals surface area contributed by atoms with Crippen molar-refractivity contribution in [1.29, 1.82) is 0 Å². The molecule has 0 saturated heterocycles. The summed E-state index contributed by atoms with van der Waals surface area (Å²) in [6.45, 7) is 3.77. The van der Waals surface area contributed by atoms with E-state index in [4.69, 9.17) is 11.6 Å². The molecule has 0 saturated carbocycles. The Balaban J connectivity index is 1.43. The van der Waals surface area contributed by atoms with E-state index < -0.39 is 26.0 Å². The van der Waals surface area contributed by atoms with E-state index in [-0.39, 0.29) is 11.4 Å². The summed E-state index contributed by atoms with van der Waals surface area (Å²) in [7, 11) is -7.40. The van der Waals surface area contributed by atoms with Crippen molar-refractivity contribution >= 4 is 54.6 Å². The average molecular weight is 598 g/mol. The molecule has 0 heterocycles. The third-order valence-electron chi connectivity index (χ3n) is 6.10. The van der Waals surface area contributed by atoms with Gasteiger partial charge in [0.2, 0.25) is 10.0 Å². The highest BCUT2D eigenvalue weighted by molar-refractivity contribution is 7.92. The Morgan fingerprint density at radius 1 is 0.850 bits per heavy atom. The molecule has 4 aromatic rings. The smallest absolute Gasteiger partial charge is 0.261 e. The van der Waals surface area contributed by atoms with E-state index in [9.17, 15) is 21.6 Å². The number of carbonyl (C=O) groups is 1. The van der Waals surface area contributed by atoms with Crippen LogP contribution in [-0.2, 0) is 26.6 Å². The van der Waals surface area contributed by atoms with Crippen molar-refractivity contribution in [3.8, 4) is 0 Å². The first-order chi connectivity index (χ1) is 18.8. The van der Waals surface area contributed by atoms with Gasteiger partial charge in [0.1, 0.15) is 0 Å². The van der Waals surface area contributed by atoms with Crippen molar-refractivity contribution in [2.24, 2.45) is 0 Å². The van der Waals surface area contributed by atoms with Crippen LogP contribution >= 0.6 is 11.6 Å². The molecular weight excluding hydrogens is 570 g/mol. The van der Waals surface area contributed by atoms with Crippen molar-refractivity contribution in [3.05, 3.63) is 118 Å². The topological polar surface area (TPSA) is 113 Å². The van der Waals surface area contributed by atoms with Gasteiger partial charge in [-0.2, -0.15) is 0 Å². The minimum absolute atomic E-state index is 0.0262. The number of hydrogen-bond donors (Lipinski definition) is 2. The van der Waals surface area contributed by atoms with Gasteiger partial charge < -0.3 is 5.32 Å². The van der Waals surface area contributed by atoms with Gasteiger partial charge in [0.05, 0.1) is 29.1 Å². The fourth-order valence-electron chi connectivity index (χ4n) is 3.94. The minimum atomic E-state index is -3.87. The fourth-order valence-corrected chi connectivity index (χ4v) is 6.11. The van der Waals surface area contributed by atoms with Gasteiger partial charge >= 0.3 is 0 Å². The van der Waals surface area contributed by atoms with Crippen LogP contribution in [0.15, 0.2) is 95.9 Å². The summed E-state index contributed by atoms with van der Waals surface area (Å²) >= 11 is 5.99. The standard InChI is InChI=1S/C29H28ClN3O5S2/c1-20-5-4-6-26(17-20)33(39(3,35)36)19-22-8-10-23(11-9-22)29(34)31-25-13-15-27(16-14-25)40(37,38)32-28-18-24(30)12-7-21(28)2/h4-18,32H,19H2,1-3H3,(H,31,34). The zero-order valence-electron chi connectivity index (χ0n) is 22.1. The molecule has 8 nitrogen and oxygen atoms in total. The quantitative estimate of drug-likeness (QED) is 0.247. The molecule has 208 valence electrons. The van der Waals surface area contributed by atoms with Crippen molar-refractivity contribution in [2.45, 2.75) is 25.3 Å². The summed E-state index contributed by atoms with van der Waals surface area (Å²) in [6, 6.07) is 24.6. The summed E-state index contributed by atoms with van der Waals surface area (Å²) in [5.41, 5.74) is 4.09. The molecule has 0 spiro atoms. The van der Waals surface area contributed by atoms with Gasteiger partial charge in [-0.3, -0.25) is 13.8 Å². The number of amides is 1. The molecule has 40 heavy (non-hydrogen) atoms. The second-order valence-electron chi connectivity index (χ2n) is 9.35. The number of rotatable bonds is 9. The second kappa shape index (κ2) is 11.7. The Hall–Kier alpha value is -3.86. The number of hydrogen-bond acceptors (Lipinski definition) is 5. The molecule has 0 bridgehead atoms. The molecule has 0 unspecified atom stereocenters. The molecular formula is C29H28ClN3O5S2. The lowest BCUT2D eigenvalue weighted by molar-refractivity contribution is 0.102. The molecule has 1 amide bonds. The minimum Gasteiger partial charge on any atom is -0.322 e. The summed E-state index contributed by atoms with van der Waals surface area (Å²) in [4.78, 5) is 12.8. The lowest BCUT2D eigenvalue weighted by Crippen LogP contribution is -2.29. The summed E-state index contributed by atoms with van der Waals surface area (Å²) < 4.78 is 54.4. The van der Waals surface area contributed by atoms with Crippen molar-refractivity contribution in [3.63, 3.8) is 0 Å². The highest BCUT2D eigenvalue weighted by atomic mass is 35.5. The van der Waals surface area contributed by atoms with Gasteiger partial charge in [0.25, 0.3) is 15.9 Å². The largest absolute Gasteiger partial charge is 0.322 e. The molecule has 4 rings (SSSR count). The van der Waals surface area contributed by atoms with E-state index in [0.29, 0.717) is 33.2 Å². The lowest BCUT2D eigenvalue weighted by atomic mass is 10.1. The van der Waals surface area contributed by atoms with E-state index in [1.54, 1.807) is 61.5 Å². The molecule has 0 aromatic heterocycles. The molecule has 0 radical (unpaired) electrons. The molecule has 4 aromatic carbocycles. The lowest BCUT2D eigenvalue weighted by Gasteiger charge is -2.23. The first-order valence-corrected chi connectivity index (χ1v) is 15.9. The highest BCUT2D eigenvalue weighted by Gasteiger charge is 2.19. The number of nitrogens with one attached hydrogen (secondary N) is 2. The summed E-state index contributed by atoms with van der Waals surface area (Å²) in [5, 5.41) is 3.15. The van der Waals surface area contributed by atoms with Gasteiger partial charge in [0.15, 0.2) is 0 Å². The van der Waals surface area contributed by atoms with Crippen LogP contribution in [0.2, 0.25) is 5.02 Å². The molecule has 0 aliphatic heterocycles. The van der Waals surface area contributed by atoms with Crippen molar-refractivity contribution in [1.82, 2.24) is 0 Å². The van der Waals surface area contributed by atoms with Crippen LogP contribution in [0.1, 0.15) is 27.0 Å². The summed E-state index contributed by atoms with van der Waals surface area (Å²) in [5.74, 6) is -0.395.